The summed E-state index contributed by atoms with van der Waals surface area (Å²) in [4.78, 5) is 35.9. The van der Waals surface area contributed by atoms with Gasteiger partial charge in [0.1, 0.15) is 17.0 Å². The van der Waals surface area contributed by atoms with Crippen molar-refractivity contribution >= 4 is 33.3 Å². The molecule has 0 aliphatic rings. The van der Waals surface area contributed by atoms with Crippen LogP contribution in [0, 0.1) is 5.82 Å². The van der Waals surface area contributed by atoms with Crippen LogP contribution in [0.3, 0.4) is 0 Å². The van der Waals surface area contributed by atoms with Crippen LogP contribution in [0.2, 0.25) is 0 Å². The van der Waals surface area contributed by atoms with Crippen molar-refractivity contribution in [1.82, 2.24) is 29.2 Å². The molecule has 0 aliphatic carbocycles. The lowest BCUT2D eigenvalue weighted by Crippen LogP contribution is -2.22. The van der Waals surface area contributed by atoms with E-state index in [4.69, 9.17) is 5.10 Å². The summed E-state index contributed by atoms with van der Waals surface area (Å²) in [5.41, 5.74) is 0.563. The Balaban J connectivity index is 1.48. The van der Waals surface area contributed by atoms with E-state index in [2.05, 4.69) is 15.3 Å². The minimum absolute atomic E-state index is 0.147. The van der Waals surface area contributed by atoms with Gasteiger partial charge in [-0.3, -0.25) is 14.2 Å². The largest absolute Gasteiger partial charge is 0.392 e. The number of aromatic amines is 1. The van der Waals surface area contributed by atoms with E-state index >= 15 is 4.39 Å². The van der Waals surface area contributed by atoms with Crippen LogP contribution in [0.4, 0.5) is 16.0 Å². The zero-order valence-corrected chi connectivity index (χ0v) is 25.2. The van der Waals surface area contributed by atoms with Crippen molar-refractivity contribution in [3.8, 4) is 11.4 Å². The number of nitrogens with one attached hydrogen (secondary N) is 2. The maximum Gasteiger partial charge on any atom is 0.265 e. The summed E-state index contributed by atoms with van der Waals surface area (Å²) in [7, 11) is 3.94. The first-order valence-corrected chi connectivity index (χ1v) is 14.2. The molecule has 0 amide bonds. The summed E-state index contributed by atoms with van der Waals surface area (Å²) in [5, 5.41) is 29.3. The van der Waals surface area contributed by atoms with Gasteiger partial charge < -0.3 is 25.4 Å². The quantitative estimate of drug-likeness (QED) is 0.202. The van der Waals surface area contributed by atoms with E-state index < -0.39 is 23.6 Å². The number of benzene rings is 2. The Kier molecular flexibility index (Phi) is 7.57. The predicted octanol–water partition coefficient (Wildman–Crippen LogP) is 4.08. The molecule has 11 nitrogen and oxygen atoms in total. The lowest BCUT2D eigenvalue weighted by atomic mass is 9.95. The topological polar surface area (TPSA) is 141 Å². The highest BCUT2D eigenvalue weighted by molar-refractivity contribution is 5.92. The summed E-state index contributed by atoms with van der Waals surface area (Å²) in [5.74, 6) is -0.0236. The lowest BCUT2D eigenvalue weighted by Gasteiger charge is -2.19. The van der Waals surface area contributed by atoms with E-state index in [0.29, 0.717) is 39.2 Å². The van der Waals surface area contributed by atoms with E-state index in [0.717, 1.165) is 18.2 Å². The molecule has 2 aromatic carbocycles. The number of hydrogen-bond acceptors (Lipinski definition) is 8. The van der Waals surface area contributed by atoms with Crippen LogP contribution in [0.5, 0.6) is 0 Å². The van der Waals surface area contributed by atoms with Crippen LogP contribution in [-0.4, -0.2) is 53.5 Å². The van der Waals surface area contributed by atoms with Gasteiger partial charge in [0, 0.05) is 30.7 Å². The summed E-state index contributed by atoms with van der Waals surface area (Å²) in [6.07, 6.45) is 4.75. The van der Waals surface area contributed by atoms with Crippen molar-refractivity contribution in [1.29, 1.82) is 0 Å². The van der Waals surface area contributed by atoms with E-state index in [1.54, 1.807) is 62.5 Å². The molecule has 6 aromatic rings. The van der Waals surface area contributed by atoms with Crippen molar-refractivity contribution < 1.29 is 14.6 Å². The van der Waals surface area contributed by atoms with Gasteiger partial charge in [0.15, 0.2) is 5.82 Å². The molecule has 6 rings (SSSR count). The molecule has 0 saturated carbocycles. The summed E-state index contributed by atoms with van der Waals surface area (Å²) in [6.45, 7) is 3.32. The molecule has 0 spiro atoms. The van der Waals surface area contributed by atoms with Crippen LogP contribution >= 0.6 is 0 Å². The molecule has 0 aliphatic heterocycles. The second-order valence-corrected chi connectivity index (χ2v) is 11.6. The third-order valence-electron chi connectivity index (χ3n) is 7.61. The smallest absolute Gasteiger partial charge is 0.265 e. The Bertz CT molecular complexity index is 2180. The number of aliphatic hydroxyl groups is 2. The third kappa shape index (κ3) is 5.50. The first-order valence-electron chi connectivity index (χ1n) is 14.2. The van der Waals surface area contributed by atoms with Crippen LogP contribution in [0.15, 0.2) is 82.8 Å². The number of rotatable bonds is 8. The highest BCUT2D eigenvalue weighted by Gasteiger charge is 2.22. The molecule has 0 bridgehead atoms. The molecule has 0 atom stereocenters. The fraction of sp³-hybridized carbons (Fsp3) is 0.212. The van der Waals surface area contributed by atoms with Gasteiger partial charge in [-0.2, -0.15) is 0 Å². The average Bonchev–Trinajstić information content (AvgIpc) is 3.36. The first-order chi connectivity index (χ1) is 21.5. The Morgan fingerprint density at radius 3 is 2.51 bits per heavy atom. The number of nitrogens with zero attached hydrogens (tertiary/aromatic N) is 5. The summed E-state index contributed by atoms with van der Waals surface area (Å²) < 4.78 is 18.1. The van der Waals surface area contributed by atoms with Gasteiger partial charge in [0.05, 0.1) is 34.5 Å². The number of aromatic nitrogens is 5. The lowest BCUT2D eigenvalue weighted by molar-refractivity contribution is 0.0784. The zero-order chi connectivity index (χ0) is 32.0. The van der Waals surface area contributed by atoms with Crippen molar-refractivity contribution in [2.75, 3.05) is 19.4 Å². The Hall–Kier alpha value is -5.17. The average molecular weight is 610 g/mol. The summed E-state index contributed by atoms with van der Waals surface area (Å²) in [6, 6.07) is 14.8. The molecule has 230 valence electrons. The summed E-state index contributed by atoms with van der Waals surface area (Å²) >= 11 is 0. The second kappa shape index (κ2) is 11.4. The predicted molar refractivity (Wildman–Crippen MR) is 171 cm³/mol. The molecular formula is C33H32FN7O4. The van der Waals surface area contributed by atoms with Crippen LogP contribution < -0.4 is 16.4 Å². The molecule has 4 aromatic heterocycles. The maximum absolute atomic E-state index is 15.3. The number of anilines is 2. The van der Waals surface area contributed by atoms with Crippen molar-refractivity contribution in [3.63, 3.8) is 0 Å². The normalized spacial score (nSPS) is 12.0. The Morgan fingerprint density at radius 2 is 1.82 bits per heavy atom. The molecule has 45 heavy (non-hydrogen) atoms. The highest BCUT2D eigenvalue weighted by atomic mass is 19.1. The van der Waals surface area contributed by atoms with E-state index in [-0.39, 0.29) is 22.1 Å². The molecule has 0 unspecified atom stereocenters. The molecule has 0 radical (unpaired) electrons. The van der Waals surface area contributed by atoms with Crippen LogP contribution in [-0.2, 0) is 18.8 Å². The van der Waals surface area contributed by atoms with Gasteiger partial charge in [-0.15, -0.1) is 5.10 Å². The molecule has 0 fully saturated rings. The maximum atomic E-state index is 15.3. The van der Waals surface area contributed by atoms with Crippen LogP contribution in [0.25, 0.3) is 33.1 Å². The fourth-order valence-corrected chi connectivity index (χ4v) is 5.45. The Labute approximate surface area is 256 Å². The number of H-pyrrole nitrogens is 1. The number of hydrogen-bond donors (Lipinski definition) is 4. The standard InChI is InChI=1S/C33H32FN7O4/c1-33(2,45)21-14-20-11-13-40(32(44)28(20)23(34)15-21)24-6-5-7-25(22(24)18-42)41-26-10-12-35-31(43)29(26)30(38-41)37-27-9-8-19(16-36-27)17-39(3)4/h5-16,42,45H,17-18H2,1-4H3,(H,35,43)(H,36,37,38). The number of pyridine rings is 3. The van der Waals surface area contributed by atoms with Crippen molar-refractivity contribution in [2.45, 2.75) is 32.6 Å². The Morgan fingerprint density at radius 1 is 1.04 bits per heavy atom. The third-order valence-corrected chi connectivity index (χ3v) is 7.61. The van der Waals surface area contributed by atoms with Crippen LogP contribution in [0.1, 0.15) is 30.5 Å². The highest BCUT2D eigenvalue weighted by Crippen LogP contribution is 2.30. The number of halogens is 1. The number of aliphatic hydroxyl groups excluding tert-OH is 1. The SMILES string of the molecule is CN(C)Cc1ccc(Nc2nn(-c3cccc(-n4ccc5cc(C(C)(C)O)cc(F)c5c4=O)c3CO)c3cc[nH]c(=O)c23)nc1. The van der Waals surface area contributed by atoms with Gasteiger partial charge in [0.2, 0.25) is 0 Å². The molecule has 4 heterocycles. The molecule has 4 N–H and O–H groups in total. The minimum Gasteiger partial charge on any atom is -0.392 e. The number of fused-ring (bicyclic) bond motifs is 2. The monoisotopic (exact) mass is 609 g/mol. The van der Waals surface area contributed by atoms with Gasteiger partial charge in [-0.25, -0.2) is 14.1 Å². The van der Waals surface area contributed by atoms with E-state index in [1.807, 2.05) is 25.1 Å². The second-order valence-electron chi connectivity index (χ2n) is 11.6. The van der Waals surface area contributed by atoms with E-state index in [9.17, 15) is 19.8 Å². The van der Waals surface area contributed by atoms with Crippen molar-refractivity contribution in [3.05, 3.63) is 116 Å². The van der Waals surface area contributed by atoms with Gasteiger partial charge in [-0.05, 0) is 86.9 Å². The fourth-order valence-electron chi connectivity index (χ4n) is 5.45. The minimum atomic E-state index is -1.30. The van der Waals surface area contributed by atoms with Gasteiger partial charge in [0.25, 0.3) is 11.1 Å². The van der Waals surface area contributed by atoms with Crippen molar-refractivity contribution in [2.24, 2.45) is 0 Å². The van der Waals surface area contributed by atoms with Gasteiger partial charge in [-0.1, -0.05) is 12.1 Å². The van der Waals surface area contributed by atoms with E-state index in [1.165, 1.54) is 21.6 Å². The molecular weight excluding hydrogens is 577 g/mol. The van der Waals surface area contributed by atoms with Gasteiger partial charge >= 0.3 is 0 Å². The zero-order valence-electron chi connectivity index (χ0n) is 25.2. The molecule has 12 heteroatoms. The molecule has 0 saturated heterocycles. The first kappa shape index (κ1) is 29.9.